The van der Waals surface area contributed by atoms with Crippen molar-refractivity contribution in [2.24, 2.45) is 0 Å². The van der Waals surface area contributed by atoms with Gasteiger partial charge in [0.15, 0.2) is 0 Å². The van der Waals surface area contributed by atoms with E-state index in [0.29, 0.717) is 11.3 Å². The lowest BCUT2D eigenvalue weighted by atomic mass is 9.83. The zero-order valence-corrected chi connectivity index (χ0v) is 13.7. The number of methoxy groups -OCH3 is 1. The van der Waals surface area contributed by atoms with Crippen LogP contribution in [0.25, 0.3) is 0 Å². The number of amides is 1. The van der Waals surface area contributed by atoms with Crippen molar-refractivity contribution in [3.63, 3.8) is 0 Å². The lowest BCUT2D eigenvalue weighted by molar-refractivity contribution is -0.126. The molecule has 0 aromatic heterocycles. The van der Waals surface area contributed by atoms with Crippen LogP contribution in [0.3, 0.4) is 0 Å². The van der Waals surface area contributed by atoms with Gasteiger partial charge in [-0.1, -0.05) is 42.5 Å². The molecule has 0 aliphatic heterocycles. The summed E-state index contributed by atoms with van der Waals surface area (Å²) >= 11 is 0. The van der Waals surface area contributed by atoms with Gasteiger partial charge in [-0.2, -0.15) is 0 Å². The Kier molecular flexibility index (Phi) is 5.40. The third kappa shape index (κ3) is 4.11. The normalized spacial score (nSPS) is 12.5. The third-order valence-corrected chi connectivity index (χ3v) is 4.00. The lowest BCUT2D eigenvalue weighted by Crippen LogP contribution is -2.41. The van der Waals surface area contributed by atoms with Crippen LogP contribution in [0.2, 0.25) is 0 Å². The highest BCUT2D eigenvalue weighted by Gasteiger charge is 2.29. The highest BCUT2D eigenvalue weighted by atomic mass is 16.5. The number of nitrogens with one attached hydrogen (secondary N) is 1. The Morgan fingerprint density at radius 1 is 1.17 bits per heavy atom. The van der Waals surface area contributed by atoms with Gasteiger partial charge in [0.05, 0.1) is 18.6 Å². The molecule has 2 rings (SSSR count). The molecule has 0 aliphatic rings. The number of hydrogen-bond donors (Lipinski definition) is 2. The first-order chi connectivity index (χ1) is 10.9. The van der Waals surface area contributed by atoms with E-state index in [0.717, 1.165) is 5.56 Å². The number of ether oxygens (including phenoxy) is 1. The molecule has 0 saturated heterocycles. The summed E-state index contributed by atoms with van der Waals surface area (Å²) in [7, 11) is 1.58. The maximum atomic E-state index is 12.5. The summed E-state index contributed by atoms with van der Waals surface area (Å²) in [5.74, 6) is 0.558. The fourth-order valence-corrected chi connectivity index (χ4v) is 2.36. The summed E-state index contributed by atoms with van der Waals surface area (Å²) in [5.41, 5.74) is 0.991. The van der Waals surface area contributed by atoms with Gasteiger partial charge in [-0.05, 0) is 37.1 Å². The van der Waals surface area contributed by atoms with Crippen LogP contribution < -0.4 is 10.1 Å². The van der Waals surface area contributed by atoms with E-state index in [-0.39, 0.29) is 12.5 Å². The molecule has 1 amide bonds. The first-order valence-electron chi connectivity index (χ1n) is 7.61. The van der Waals surface area contributed by atoms with Crippen LogP contribution >= 0.6 is 0 Å². The molecule has 2 aromatic rings. The highest BCUT2D eigenvalue weighted by molar-refractivity contribution is 5.87. The van der Waals surface area contributed by atoms with E-state index in [1.54, 1.807) is 13.2 Å². The van der Waals surface area contributed by atoms with Crippen LogP contribution in [0.5, 0.6) is 5.75 Å². The van der Waals surface area contributed by atoms with Gasteiger partial charge in [0.25, 0.3) is 0 Å². The quantitative estimate of drug-likeness (QED) is 0.862. The van der Waals surface area contributed by atoms with E-state index < -0.39 is 11.5 Å². The molecule has 4 nitrogen and oxygen atoms in total. The number of aliphatic hydroxyl groups excluding tert-OH is 1. The Morgan fingerprint density at radius 3 is 2.52 bits per heavy atom. The summed E-state index contributed by atoms with van der Waals surface area (Å²) in [6.45, 7) is 3.90. The van der Waals surface area contributed by atoms with Crippen molar-refractivity contribution in [2.45, 2.75) is 25.4 Å². The van der Waals surface area contributed by atoms with Crippen LogP contribution in [0.4, 0.5) is 0 Å². The van der Waals surface area contributed by atoms with Crippen LogP contribution in [0.1, 0.15) is 31.1 Å². The van der Waals surface area contributed by atoms with Crippen LogP contribution in [-0.2, 0) is 10.2 Å². The predicted octanol–water partition coefficient (Wildman–Crippen LogP) is 2.82. The molecule has 0 heterocycles. The molecule has 0 fully saturated rings. The molecule has 122 valence electrons. The van der Waals surface area contributed by atoms with Gasteiger partial charge in [-0.25, -0.2) is 0 Å². The minimum absolute atomic E-state index is 0.120. The van der Waals surface area contributed by atoms with Crippen molar-refractivity contribution < 1.29 is 14.6 Å². The number of rotatable bonds is 6. The predicted molar refractivity (Wildman–Crippen MR) is 90.4 cm³/mol. The molecule has 0 saturated carbocycles. The standard InChI is InChI=1S/C19H23NO3/c1-19(2,15-9-5-4-6-10-15)18(22)20-13-17(21)14-8-7-11-16(12-14)23-3/h4-12,17,21H,13H2,1-3H3,(H,20,22)/t17-/m1/s1. The first-order valence-corrected chi connectivity index (χ1v) is 7.61. The van der Waals surface area contributed by atoms with Crippen LogP contribution in [-0.4, -0.2) is 24.7 Å². The van der Waals surface area contributed by atoms with Gasteiger partial charge in [0.2, 0.25) is 5.91 Å². The van der Waals surface area contributed by atoms with Crippen LogP contribution in [0, 0.1) is 0 Å². The van der Waals surface area contributed by atoms with E-state index in [4.69, 9.17) is 4.74 Å². The monoisotopic (exact) mass is 313 g/mol. The van der Waals surface area contributed by atoms with E-state index in [1.807, 2.05) is 62.4 Å². The maximum Gasteiger partial charge on any atom is 0.230 e. The number of benzene rings is 2. The maximum absolute atomic E-state index is 12.5. The minimum atomic E-state index is -0.777. The zero-order chi connectivity index (χ0) is 16.9. The fourth-order valence-electron chi connectivity index (χ4n) is 2.36. The van der Waals surface area contributed by atoms with Gasteiger partial charge in [0, 0.05) is 6.54 Å². The second-order valence-corrected chi connectivity index (χ2v) is 5.99. The average molecular weight is 313 g/mol. The number of carbonyl (C=O) groups is 1. The summed E-state index contributed by atoms with van der Waals surface area (Å²) in [6, 6.07) is 16.8. The Labute approximate surface area is 137 Å². The van der Waals surface area contributed by atoms with Gasteiger partial charge >= 0.3 is 0 Å². The molecule has 23 heavy (non-hydrogen) atoms. The first kappa shape index (κ1) is 17.0. The van der Waals surface area contributed by atoms with Gasteiger partial charge in [-0.15, -0.1) is 0 Å². The van der Waals surface area contributed by atoms with Crippen LogP contribution in [0.15, 0.2) is 54.6 Å². The van der Waals surface area contributed by atoms with Crippen molar-refractivity contribution in [1.82, 2.24) is 5.32 Å². The highest BCUT2D eigenvalue weighted by Crippen LogP contribution is 2.23. The number of carbonyl (C=O) groups excluding carboxylic acids is 1. The van der Waals surface area contributed by atoms with Crippen molar-refractivity contribution >= 4 is 5.91 Å². The third-order valence-electron chi connectivity index (χ3n) is 4.00. The smallest absolute Gasteiger partial charge is 0.230 e. The second-order valence-electron chi connectivity index (χ2n) is 5.99. The molecule has 0 unspecified atom stereocenters. The van der Waals surface area contributed by atoms with Crippen molar-refractivity contribution in [3.05, 3.63) is 65.7 Å². The molecule has 2 N–H and O–H groups in total. The largest absolute Gasteiger partial charge is 0.497 e. The summed E-state index contributed by atoms with van der Waals surface area (Å²) in [4.78, 5) is 12.5. The Bertz CT molecular complexity index is 653. The molecule has 4 heteroatoms. The minimum Gasteiger partial charge on any atom is -0.497 e. The summed E-state index contributed by atoms with van der Waals surface area (Å²) in [5, 5.41) is 13.1. The molecule has 2 aromatic carbocycles. The van der Waals surface area contributed by atoms with E-state index in [9.17, 15) is 9.90 Å². The summed E-state index contributed by atoms with van der Waals surface area (Å²) in [6.07, 6.45) is -0.777. The zero-order valence-electron chi connectivity index (χ0n) is 13.7. The summed E-state index contributed by atoms with van der Waals surface area (Å²) < 4.78 is 5.14. The van der Waals surface area contributed by atoms with E-state index >= 15 is 0 Å². The molecular formula is C19H23NO3. The Morgan fingerprint density at radius 2 is 1.87 bits per heavy atom. The molecule has 0 aliphatic carbocycles. The molecule has 0 bridgehead atoms. The van der Waals surface area contributed by atoms with Gasteiger partial charge in [-0.3, -0.25) is 4.79 Å². The molecular weight excluding hydrogens is 290 g/mol. The molecule has 0 radical (unpaired) electrons. The van der Waals surface area contributed by atoms with Gasteiger partial charge in [0.1, 0.15) is 5.75 Å². The van der Waals surface area contributed by atoms with Crippen molar-refractivity contribution in [3.8, 4) is 5.75 Å². The number of hydrogen-bond acceptors (Lipinski definition) is 3. The van der Waals surface area contributed by atoms with Crippen molar-refractivity contribution in [2.75, 3.05) is 13.7 Å². The lowest BCUT2D eigenvalue weighted by Gasteiger charge is -2.25. The van der Waals surface area contributed by atoms with Gasteiger partial charge < -0.3 is 15.2 Å². The molecule has 0 spiro atoms. The fraction of sp³-hybridized carbons (Fsp3) is 0.316. The SMILES string of the molecule is COc1cccc([C@H](O)CNC(=O)C(C)(C)c2ccccc2)c1. The average Bonchev–Trinajstić information content (AvgIpc) is 2.60. The Balaban J connectivity index is 2.00. The molecule has 1 atom stereocenters. The number of aliphatic hydroxyl groups is 1. The van der Waals surface area contributed by atoms with E-state index in [1.165, 1.54) is 0 Å². The second kappa shape index (κ2) is 7.29. The topological polar surface area (TPSA) is 58.6 Å². The Hall–Kier alpha value is -2.33. The van der Waals surface area contributed by atoms with Crippen molar-refractivity contribution in [1.29, 1.82) is 0 Å². The van der Waals surface area contributed by atoms with E-state index in [2.05, 4.69) is 5.32 Å².